The van der Waals surface area contributed by atoms with Gasteiger partial charge in [0.1, 0.15) is 11.5 Å². The van der Waals surface area contributed by atoms with E-state index < -0.39 is 17.2 Å². The number of rotatable bonds is 11. The van der Waals surface area contributed by atoms with Crippen LogP contribution in [0.3, 0.4) is 0 Å². The molecule has 1 fully saturated rings. The van der Waals surface area contributed by atoms with Crippen LogP contribution in [0.25, 0.3) is 0 Å². The maximum absolute atomic E-state index is 12.8. The van der Waals surface area contributed by atoms with Crippen LogP contribution in [0, 0.1) is 12.8 Å². The zero-order chi connectivity index (χ0) is 24.7. The fraction of sp³-hybridized carbons (Fsp3) is 0.600. The fourth-order valence-corrected chi connectivity index (χ4v) is 5.36. The molecule has 1 N–H and O–H groups in total. The molecule has 2 aromatic rings. The van der Waals surface area contributed by atoms with Gasteiger partial charge in [-0.25, -0.2) is 13.5 Å². The van der Waals surface area contributed by atoms with E-state index >= 15 is 0 Å². The van der Waals surface area contributed by atoms with Gasteiger partial charge >= 0.3 is 0 Å². The van der Waals surface area contributed by atoms with Crippen molar-refractivity contribution in [2.24, 2.45) is 5.92 Å². The van der Waals surface area contributed by atoms with Gasteiger partial charge in [-0.2, -0.15) is 0 Å². The molecule has 1 aromatic heterocycles. The van der Waals surface area contributed by atoms with Crippen LogP contribution in [0.15, 0.2) is 24.4 Å². The minimum Gasteiger partial charge on any atom is -0.374 e. The molecule has 1 heterocycles. The van der Waals surface area contributed by atoms with Crippen molar-refractivity contribution in [3.05, 3.63) is 46.5 Å². The first-order chi connectivity index (χ1) is 16.3. The Kier molecular flexibility index (Phi) is 9.97. The van der Waals surface area contributed by atoms with Gasteiger partial charge in [-0.15, -0.1) is 0 Å². The molecule has 3 rings (SSSR count). The van der Waals surface area contributed by atoms with Gasteiger partial charge in [0.05, 0.1) is 6.54 Å². The number of carbonyl (C=O) groups is 1. The Labute approximate surface area is 210 Å². The van der Waals surface area contributed by atoms with Gasteiger partial charge in [-0.3, -0.25) is 9.35 Å². The molecule has 7 nitrogen and oxygen atoms in total. The molecule has 9 heteroatoms. The van der Waals surface area contributed by atoms with Gasteiger partial charge in [0.2, 0.25) is 0 Å². The lowest BCUT2D eigenvalue weighted by Gasteiger charge is -2.28. The quantitative estimate of drug-likeness (QED) is 0.312. The van der Waals surface area contributed by atoms with Crippen molar-refractivity contribution in [1.29, 1.82) is 0 Å². The highest BCUT2D eigenvalue weighted by atomic mass is 35.5. The standard InChI is InChI=1S/C25H37ClN4O3S/c1-4-5-9-14-30(34(32)33)25(31)24-18-29(19(2)27-24)17-21-12-13-22(15-23(21)26)28(3)16-20-10-7-6-8-11-20/h12-13,15,18,20H,4-11,14,16-17H2,1-3H3,(H,32,33). The van der Waals surface area contributed by atoms with Gasteiger partial charge in [0.15, 0.2) is 0 Å². The van der Waals surface area contributed by atoms with Crippen molar-refractivity contribution >= 4 is 34.5 Å². The summed E-state index contributed by atoms with van der Waals surface area (Å²) >= 11 is 4.26. The number of aromatic nitrogens is 2. The van der Waals surface area contributed by atoms with Crippen molar-refractivity contribution in [1.82, 2.24) is 13.9 Å². The average molecular weight is 509 g/mol. The molecule has 1 amide bonds. The van der Waals surface area contributed by atoms with Crippen LogP contribution in [0.1, 0.15) is 80.2 Å². The second-order valence-electron chi connectivity index (χ2n) is 9.31. The number of amides is 1. The molecule has 1 atom stereocenters. The predicted octanol–water partition coefficient (Wildman–Crippen LogP) is 5.68. The molecular weight excluding hydrogens is 472 g/mol. The first kappa shape index (κ1) is 26.7. The summed E-state index contributed by atoms with van der Waals surface area (Å²) in [6.07, 6.45) is 10.8. The Hall–Kier alpha value is -1.90. The highest BCUT2D eigenvalue weighted by Crippen LogP contribution is 2.28. The summed E-state index contributed by atoms with van der Waals surface area (Å²) in [7, 11) is 2.12. The molecule has 1 unspecified atom stereocenters. The first-order valence-corrected chi connectivity index (χ1v) is 13.7. The second kappa shape index (κ2) is 12.7. The van der Waals surface area contributed by atoms with E-state index in [9.17, 15) is 13.6 Å². The van der Waals surface area contributed by atoms with Gasteiger partial charge < -0.3 is 9.47 Å². The molecule has 0 spiro atoms. The van der Waals surface area contributed by atoms with Crippen LogP contribution in [0.5, 0.6) is 0 Å². The van der Waals surface area contributed by atoms with E-state index in [2.05, 4.69) is 23.0 Å². The van der Waals surface area contributed by atoms with E-state index in [1.165, 1.54) is 32.1 Å². The van der Waals surface area contributed by atoms with Crippen LogP contribution in [0.4, 0.5) is 5.69 Å². The molecule has 1 aromatic carbocycles. The summed E-state index contributed by atoms with van der Waals surface area (Å²) in [4.78, 5) is 19.5. The minimum atomic E-state index is -2.38. The number of aryl methyl sites for hydroxylation is 1. The summed E-state index contributed by atoms with van der Waals surface area (Å²) in [6.45, 7) is 5.59. The number of hydrogen-bond donors (Lipinski definition) is 1. The molecular formula is C25H37ClN4O3S. The molecule has 1 aliphatic rings. The van der Waals surface area contributed by atoms with E-state index in [4.69, 9.17) is 11.6 Å². The lowest BCUT2D eigenvalue weighted by Crippen LogP contribution is -2.33. The second-order valence-corrected chi connectivity index (χ2v) is 10.6. The number of carbonyl (C=O) groups excluding carboxylic acids is 1. The van der Waals surface area contributed by atoms with Gasteiger partial charge in [0.25, 0.3) is 17.2 Å². The molecule has 34 heavy (non-hydrogen) atoms. The smallest absolute Gasteiger partial charge is 0.287 e. The molecule has 0 radical (unpaired) electrons. The summed E-state index contributed by atoms with van der Waals surface area (Å²) in [5.74, 6) is 0.858. The number of unbranched alkanes of at least 4 members (excludes halogenated alkanes) is 2. The molecule has 188 valence electrons. The lowest BCUT2D eigenvalue weighted by molar-refractivity contribution is 0.0853. The number of nitrogens with zero attached hydrogens (tertiary/aromatic N) is 4. The first-order valence-electron chi connectivity index (χ1n) is 12.3. The van der Waals surface area contributed by atoms with E-state index in [-0.39, 0.29) is 12.2 Å². The molecule has 1 saturated carbocycles. The van der Waals surface area contributed by atoms with Crippen molar-refractivity contribution in [3.63, 3.8) is 0 Å². The number of imidazole rings is 1. The Balaban J connectivity index is 1.68. The summed E-state index contributed by atoms with van der Waals surface area (Å²) in [6, 6.07) is 6.12. The highest BCUT2D eigenvalue weighted by molar-refractivity contribution is 7.77. The maximum Gasteiger partial charge on any atom is 0.287 e. The Morgan fingerprint density at radius 3 is 2.65 bits per heavy atom. The Morgan fingerprint density at radius 2 is 2.00 bits per heavy atom. The Bertz CT molecular complexity index is 991. The van der Waals surface area contributed by atoms with Crippen LogP contribution in [-0.2, 0) is 17.8 Å². The van der Waals surface area contributed by atoms with Crippen LogP contribution in [0.2, 0.25) is 5.02 Å². The molecule has 0 aliphatic heterocycles. The van der Waals surface area contributed by atoms with E-state index in [0.29, 0.717) is 23.8 Å². The van der Waals surface area contributed by atoms with Gasteiger partial charge in [-0.05, 0) is 49.8 Å². The highest BCUT2D eigenvalue weighted by Gasteiger charge is 2.24. The Morgan fingerprint density at radius 1 is 1.26 bits per heavy atom. The number of halogens is 1. The summed E-state index contributed by atoms with van der Waals surface area (Å²) in [5, 5.41) is 0.673. The average Bonchev–Trinajstić information content (AvgIpc) is 3.18. The number of hydrogen-bond acceptors (Lipinski definition) is 4. The SMILES string of the molecule is CCCCCN(C(=O)c1cn(Cc2ccc(N(C)CC3CCCCC3)cc2Cl)c(C)n1)S(=O)O. The zero-order valence-corrected chi connectivity index (χ0v) is 22.1. The number of benzene rings is 1. The van der Waals surface area contributed by atoms with Crippen molar-refractivity contribution in [2.75, 3.05) is 25.0 Å². The monoisotopic (exact) mass is 508 g/mol. The van der Waals surface area contributed by atoms with Gasteiger partial charge in [0, 0.05) is 37.0 Å². The van der Waals surface area contributed by atoms with Crippen molar-refractivity contribution < 1.29 is 13.6 Å². The normalized spacial score (nSPS) is 15.3. The fourth-order valence-electron chi connectivity index (χ4n) is 4.60. The topological polar surface area (TPSA) is 78.7 Å². The lowest BCUT2D eigenvalue weighted by atomic mass is 9.89. The van der Waals surface area contributed by atoms with Gasteiger partial charge in [-0.1, -0.05) is 56.7 Å². The number of anilines is 1. The zero-order valence-electron chi connectivity index (χ0n) is 20.5. The van der Waals surface area contributed by atoms with E-state index in [1.807, 2.05) is 30.5 Å². The molecule has 1 aliphatic carbocycles. The van der Waals surface area contributed by atoms with Crippen molar-refractivity contribution in [3.8, 4) is 0 Å². The van der Waals surface area contributed by atoms with E-state index in [0.717, 1.165) is 40.9 Å². The minimum absolute atomic E-state index is 0.163. The predicted molar refractivity (Wildman–Crippen MR) is 139 cm³/mol. The third kappa shape index (κ3) is 7.06. The van der Waals surface area contributed by atoms with E-state index in [1.54, 1.807) is 6.20 Å². The van der Waals surface area contributed by atoms with Crippen LogP contribution in [-0.4, -0.2) is 48.7 Å². The summed E-state index contributed by atoms with van der Waals surface area (Å²) < 4.78 is 24.1. The molecule has 0 bridgehead atoms. The van der Waals surface area contributed by atoms with Crippen molar-refractivity contribution in [2.45, 2.75) is 71.8 Å². The maximum atomic E-state index is 12.8. The summed E-state index contributed by atoms with van der Waals surface area (Å²) in [5.41, 5.74) is 2.20. The van der Waals surface area contributed by atoms with Crippen LogP contribution >= 0.6 is 11.6 Å². The third-order valence-corrected chi connectivity index (χ3v) is 7.73. The van der Waals surface area contributed by atoms with Crippen LogP contribution < -0.4 is 4.90 Å². The largest absolute Gasteiger partial charge is 0.374 e. The molecule has 0 saturated heterocycles. The third-order valence-electron chi connectivity index (χ3n) is 6.65.